The average Bonchev–Trinajstić information content (AvgIpc) is 2.81. The molecule has 1 unspecified atom stereocenters. The predicted molar refractivity (Wildman–Crippen MR) is 119 cm³/mol. The number of aliphatic hydroxyl groups is 1. The van der Waals surface area contributed by atoms with Gasteiger partial charge in [0, 0.05) is 11.1 Å². The Bertz CT molecular complexity index is 964. The van der Waals surface area contributed by atoms with Crippen molar-refractivity contribution in [1.82, 2.24) is 4.90 Å². The van der Waals surface area contributed by atoms with Crippen LogP contribution < -0.4 is 0 Å². The van der Waals surface area contributed by atoms with Crippen LogP contribution in [-0.4, -0.2) is 29.6 Å². The summed E-state index contributed by atoms with van der Waals surface area (Å²) >= 11 is 0. The second-order valence-electron chi connectivity index (χ2n) is 7.66. The number of rotatable bonds is 4. The number of benzene rings is 3. The lowest BCUT2D eigenvalue weighted by molar-refractivity contribution is 0.145. The fourth-order valence-electron chi connectivity index (χ4n) is 3.92. The molecule has 2 nitrogen and oxygen atoms in total. The summed E-state index contributed by atoms with van der Waals surface area (Å²) in [5.41, 5.74) is 2.59. The summed E-state index contributed by atoms with van der Waals surface area (Å²) in [7, 11) is 0. The Hall–Kier alpha value is -2.86. The molecule has 0 saturated carbocycles. The highest BCUT2D eigenvalue weighted by Gasteiger charge is 2.29. The zero-order valence-corrected chi connectivity index (χ0v) is 16.7. The second kappa shape index (κ2) is 9.09. The van der Waals surface area contributed by atoms with Crippen LogP contribution in [0.4, 0.5) is 0 Å². The van der Waals surface area contributed by atoms with Gasteiger partial charge in [-0.15, -0.1) is 0 Å². The van der Waals surface area contributed by atoms with Crippen LogP contribution in [-0.2, 0) is 5.60 Å². The summed E-state index contributed by atoms with van der Waals surface area (Å²) in [6.45, 7) is 2.91. The molecule has 1 aliphatic heterocycles. The predicted octanol–water partition coefficient (Wildman–Crippen LogP) is 5.08. The fourth-order valence-corrected chi connectivity index (χ4v) is 3.92. The van der Waals surface area contributed by atoms with Gasteiger partial charge in [0.25, 0.3) is 0 Å². The van der Waals surface area contributed by atoms with Crippen molar-refractivity contribution in [3.63, 3.8) is 0 Å². The van der Waals surface area contributed by atoms with E-state index in [0.717, 1.165) is 29.8 Å². The molecule has 1 saturated heterocycles. The van der Waals surface area contributed by atoms with Gasteiger partial charge in [-0.25, -0.2) is 0 Å². The summed E-state index contributed by atoms with van der Waals surface area (Å²) in [6, 6.07) is 28.1. The van der Waals surface area contributed by atoms with Gasteiger partial charge in [-0.05, 0) is 37.1 Å². The summed E-state index contributed by atoms with van der Waals surface area (Å²) in [5.74, 6) is 6.46. The second-order valence-corrected chi connectivity index (χ2v) is 7.66. The number of piperidine rings is 1. The van der Waals surface area contributed by atoms with Gasteiger partial charge < -0.3 is 5.11 Å². The van der Waals surface area contributed by atoms with Gasteiger partial charge >= 0.3 is 0 Å². The third-order valence-electron chi connectivity index (χ3n) is 5.62. The summed E-state index contributed by atoms with van der Waals surface area (Å²) in [6.07, 6.45) is 3.79. The van der Waals surface area contributed by atoms with Crippen LogP contribution in [0.5, 0.6) is 0 Å². The Kier molecular flexibility index (Phi) is 6.10. The SMILES string of the molecule is OC(C#CCN1CCCCC1)(c1ccccc1)c1ccc(-c2ccccc2)cc1. The van der Waals surface area contributed by atoms with E-state index in [9.17, 15) is 5.11 Å². The maximum atomic E-state index is 11.7. The zero-order valence-electron chi connectivity index (χ0n) is 16.7. The first-order valence-electron chi connectivity index (χ1n) is 10.4. The lowest BCUT2D eigenvalue weighted by Gasteiger charge is -2.26. The Morgan fingerprint density at radius 2 is 1.24 bits per heavy atom. The van der Waals surface area contributed by atoms with Crippen molar-refractivity contribution in [1.29, 1.82) is 0 Å². The minimum absolute atomic E-state index is 0.706. The first kappa shape index (κ1) is 19.5. The molecule has 1 atom stereocenters. The van der Waals surface area contributed by atoms with Crippen molar-refractivity contribution in [3.8, 4) is 23.0 Å². The standard InChI is InChI=1S/C27H27NO/c29-27(25-13-6-2-7-14-25,19-10-22-28-20-8-3-9-21-28)26-17-15-24(16-18-26)23-11-4-1-5-12-23/h1-2,4-7,11-18,29H,3,8-9,20-22H2. The number of likely N-dealkylation sites (tertiary alicyclic amines) is 1. The van der Waals surface area contributed by atoms with Crippen LogP contribution in [0.25, 0.3) is 11.1 Å². The van der Waals surface area contributed by atoms with E-state index in [0.29, 0.717) is 6.54 Å². The molecule has 3 aromatic carbocycles. The van der Waals surface area contributed by atoms with E-state index in [1.807, 2.05) is 60.7 Å². The molecule has 4 rings (SSSR count). The highest BCUT2D eigenvalue weighted by atomic mass is 16.3. The molecular weight excluding hydrogens is 354 g/mol. The van der Waals surface area contributed by atoms with Gasteiger partial charge in [0.1, 0.15) is 0 Å². The van der Waals surface area contributed by atoms with Crippen molar-refractivity contribution >= 4 is 0 Å². The molecule has 0 bridgehead atoms. The van der Waals surface area contributed by atoms with E-state index in [1.54, 1.807) is 0 Å². The van der Waals surface area contributed by atoms with Gasteiger partial charge in [-0.2, -0.15) is 0 Å². The number of hydrogen-bond donors (Lipinski definition) is 1. The van der Waals surface area contributed by atoms with Gasteiger partial charge in [0.05, 0.1) is 6.54 Å². The van der Waals surface area contributed by atoms with E-state index in [2.05, 4.69) is 41.0 Å². The molecule has 1 fully saturated rings. The minimum atomic E-state index is -1.31. The molecule has 0 spiro atoms. The fraction of sp³-hybridized carbons (Fsp3) is 0.259. The van der Waals surface area contributed by atoms with Gasteiger partial charge in [0.15, 0.2) is 5.60 Å². The number of nitrogens with zero attached hydrogens (tertiary/aromatic N) is 1. The van der Waals surface area contributed by atoms with Crippen LogP contribution in [0.3, 0.4) is 0 Å². The maximum Gasteiger partial charge on any atom is 0.176 e. The molecule has 1 heterocycles. The van der Waals surface area contributed by atoms with Crippen LogP contribution in [0.15, 0.2) is 84.9 Å². The van der Waals surface area contributed by atoms with E-state index in [1.165, 1.54) is 24.8 Å². The van der Waals surface area contributed by atoms with E-state index >= 15 is 0 Å². The van der Waals surface area contributed by atoms with Crippen molar-refractivity contribution < 1.29 is 5.11 Å². The van der Waals surface area contributed by atoms with E-state index in [-0.39, 0.29) is 0 Å². The van der Waals surface area contributed by atoms with Crippen molar-refractivity contribution in [3.05, 3.63) is 96.1 Å². The van der Waals surface area contributed by atoms with Crippen molar-refractivity contribution in [2.24, 2.45) is 0 Å². The third-order valence-corrected chi connectivity index (χ3v) is 5.62. The molecule has 0 amide bonds. The van der Waals surface area contributed by atoms with Crippen LogP contribution in [0.2, 0.25) is 0 Å². The van der Waals surface area contributed by atoms with Crippen LogP contribution in [0, 0.1) is 11.8 Å². The highest BCUT2D eigenvalue weighted by molar-refractivity contribution is 5.64. The molecule has 146 valence electrons. The molecule has 1 aliphatic rings. The molecule has 0 radical (unpaired) electrons. The number of hydrogen-bond acceptors (Lipinski definition) is 2. The summed E-state index contributed by atoms with van der Waals surface area (Å²) in [5, 5.41) is 11.7. The zero-order chi connectivity index (χ0) is 19.9. The Morgan fingerprint density at radius 3 is 1.90 bits per heavy atom. The minimum Gasteiger partial charge on any atom is -0.369 e. The largest absolute Gasteiger partial charge is 0.369 e. The highest BCUT2D eigenvalue weighted by Crippen LogP contribution is 2.31. The van der Waals surface area contributed by atoms with E-state index in [4.69, 9.17) is 0 Å². The normalized spacial score (nSPS) is 16.4. The molecule has 1 N–H and O–H groups in total. The lowest BCUT2D eigenvalue weighted by atomic mass is 9.86. The van der Waals surface area contributed by atoms with Crippen molar-refractivity contribution in [2.75, 3.05) is 19.6 Å². The topological polar surface area (TPSA) is 23.5 Å². The monoisotopic (exact) mass is 381 g/mol. The molecular formula is C27H27NO. The molecule has 29 heavy (non-hydrogen) atoms. The van der Waals surface area contributed by atoms with Gasteiger partial charge in [-0.1, -0.05) is 103 Å². The smallest absolute Gasteiger partial charge is 0.176 e. The summed E-state index contributed by atoms with van der Waals surface area (Å²) < 4.78 is 0. The molecule has 0 aromatic heterocycles. The maximum absolute atomic E-state index is 11.7. The van der Waals surface area contributed by atoms with Crippen LogP contribution in [0.1, 0.15) is 30.4 Å². The Morgan fingerprint density at radius 1 is 0.690 bits per heavy atom. The molecule has 3 aromatic rings. The van der Waals surface area contributed by atoms with Gasteiger partial charge in [0.2, 0.25) is 0 Å². The Balaban J connectivity index is 1.64. The Labute approximate surface area is 173 Å². The molecule has 0 aliphatic carbocycles. The third kappa shape index (κ3) is 4.59. The van der Waals surface area contributed by atoms with Gasteiger partial charge in [-0.3, -0.25) is 4.90 Å². The first-order chi connectivity index (χ1) is 14.3. The first-order valence-corrected chi connectivity index (χ1v) is 10.4. The average molecular weight is 382 g/mol. The quantitative estimate of drug-likeness (QED) is 0.637. The van der Waals surface area contributed by atoms with Crippen molar-refractivity contribution in [2.45, 2.75) is 24.9 Å². The lowest BCUT2D eigenvalue weighted by Crippen LogP contribution is -2.30. The molecule has 2 heteroatoms. The van der Waals surface area contributed by atoms with Crippen LogP contribution >= 0.6 is 0 Å². The van der Waals surface area contributed by atoms with E-state index < -0.39 is 5.60 Å². The summed E-state index contributed by atoms with van der Waals surface area (Å²) in [4.78, 5) is 2.38.